The Labute approximate surface area is 193 Å². The molecule has 1 aromatic carbocycles. The maximum atomic E-state index is 13.5. The normalized spacial score (nSPS) is 22.7. The van der Waals surface area contributed by atoms with E-state index in [1.165, 1.54) is 22.1 Å². The number of pyridine rings is 2. The fraction of sp³-hybridized carbons (Fsp3) is 0.400. The van der Waals surface area contributed by atoms with Crippen molar-refractivity contribution >= 4 is 31.4 Å². The van der Waals surface area contributed by atoms with Crippen LogP contribution in [-0.4, -0.2) is 27.7 Å². The van der Waals surface area contributed by atoms with Crippen LogP contribution in [0.4, 0.5) is 0 Å². The Morgan fingerprint density at radius 2 is 2.09 bits per heavy atom. The molecule has 0 saturated heterocycles. The van der Waals surface area contributed by atoms with Crippen LogP contribution in [0.3, 0.4) is 0 Å². The number of aromatic nitrogens is 2. The number of fused-ring (bicyclic) bond motifs is 5. The molecule has 3 aromatic rings. The second kappa shape index (κ2) is 6.95. The third-order valence-electron chi connectivity index (χ3n) is 7.83. The van der Waals surface area contributed by atoms with Gasteiger partial charge in [0.2, 0.25) is 0 Å². The summed E-state index contributed by atoms with van der Waals surface area (Å²) in [6.07, 6.45) is 2.09. The molecule has 6 rings (SSSR count). The minimum Gasteiger partial charge on any atom is -0.458 e. The average Bonchev–Trinajstić information content (AvgIpc) is 3.18. The first-order valence-corrected chi connectivity index (χ1v) is 12.0. The van der Waals surface area contributed by atoms with Gasteiger partial charge < -0.3 is 19.7 Å². The van der Waals surface area contributed by atoms with Crippen LogP contribution in [-0.2, 0) is 34.7 Å². The Morgan fingerprint density at radius 1 is 1.30 bits per heavy atom. The van der Waals surface area contributed by atoms with Gasteiger partial charge in [0.15, 0.2) is 5.60 Å². The van der Waals surface area contributed by atoms with E-state index in [0.717, 1.165) is 34.9 Å². The van der Waals surface area contributed by atoms with E-state index in [-0.39, 0.29) is 24.6 Å². The van der Waals surface area contributed by atoms with Crippen LogP contribution < -0.4 is 16.2 Å². The molecule has 1 aliphatic carbocycles. The van der Waals surface area contributed by atoms with Gasteiger partial charge in [-0.15, -0.1) is 9.24 Å². The van der Waals surface area contributed by atoms with E-state index in [2.05, 4.69) is 27.5 Å². The highest BCUT2D eigenvalue weighted by molar-refractivity contribution is 7.27. The fourth-order valence-corrected chi connectivity index (χ4v) is 6.23. The highest BCUT2D eigenvalue weighted by Gasteiger charge is 2.45. The lowest BCUT2D eigenvalue weighted by Gasteiger charge is -2.31. The number of carbonyl (C=O) groups is 1. The quantitative estimate of drug-likeness (QED) is 0.349. The Morgan fingerprint density at radius 3 is 2.82 bits per heavy atom. The molecule has 0 bridgehead atoms. The van der Waals surface area contributed by atoms with Gasteiger partial charge in [-0.25, -0.2) is 9.78 Å². The van der Waals surface area contributed by atoms with E-state index in [1.807, 2.05) is 7.05 Å². The molecule has 3 aliphatic rings. The van der Waals surface area contributed by atoms with Crippen LogP contribution >= 0.6 is 9.24 Å². The topological polar surface area (TPSA) is 93.5 Å². The van der Waals surface area contributed by atoms with Gasteiger partial charge in [0.25, 0.3) is 5.56 Å². The number of hydrogen-bond donors (Lipinski definition) is 2. The minimum absolute atomic E-state index is 0.118. The molecule has 170 valence electrons. The predicted octanol–water partition coefficient (Wildman–Crippen LogP) is 2.10. The number of esters is 1. The van der Waals surface area contributed by atoms with E-state index in [4.69, 9.17) is 9.72 Å². The molecule has 0 amide bonds. The summed E-state index contributed by atoms with van der Waals surface area (Å²) in [4.78, 5) is 31.0. The summed E-state index contributed by atoms with van der Waals surface area (Å²) < 4.78 is 6.91. The van der Waals surface area contributed by atoms with Crippen LogP contribution in [0.5, 0.6) is 0 Å². The van der Waals surface area contributed by atoms with Gasteiger partial charge in [0.1, 0.15) is 6.61 Å². The van der Waals surface area contributed by atoms with Gasteiger partial charge in [0, 0.05) is 22.6 Å². The lowest BCUT2D eigenvalue weighted by molar-refractivity contribution is -0.172. The van der Waals surface area contributed by atoms with Gasteiger partial charge >= 0.3 is 5.97 Å². The van der Waals surface area contributed by atoms with Crippen molar-refractivity contribution in [2.24, 2.45) is 0 Å². The molecule has 0 fully saturated rings. The molecule has 0 saturated carbocycles. The number of hydrogen-bond acceptors (Lipinski definition) is 6. The van der Waals surface area contributed by atoms with Gasteiger partial charge in [-0.3, -0.25) is 4.79 Å². The molecule has 2 aromatic heterocycles. The van der Waals surface area contributed by atoms with Crippen molar-refractivity contribution in [2.45, 2.75) is 57.9 Å². The smallest absolute Gasteiger partial charge is 0.343 e. The number of aliphatic hydroxyl groups is 1. The molecule has 8 heteroatoms. The summed E-state index contributed by atoms with van der Waals surface area (Å²) in [5.41, 5.74) is 5.85. The summed E-state index contributed by atoms with van der Waals surface area (Å²) in [5.74, 6) is -0.704. The highest BCUT2D eigenvalue weighted by atomic mass is 31.0. The second-order valence-corrected chi connectivity index (χ2v) is 9.92. The van der Waals surface area contributed by atoms with Crippen molar-refractivity contribution in [3.8, 4) is 11.4 Å². The number of aryl methyl sites for hydroxylation is 1. The number of carbonyl (C=O) groups excluding carboxylic acids is 1. The van der Waals surface area contributed by atoms with Crippen LogP contribution in [0, 0.1) is 6.92 Å². The summed E-state index contributed by atoms with van der Waals surface area (Å²) >= 11 is 0. The number of rotatable bonds is 2. The monoisotopic (exact) mass is 463 g/mol. The zero-order valence-electron chi connectivity index (χ0n) is 18.9. The summed E-state index contributed by atoms with van der Waals surface area (Å²) in [7, 11) is 4.79. The number of nitrogens with zero attached hydrogens (tertiary/aromatic N) is 2. The van der Waals surface area contributed by atoms with Crippen molar-refractivity contribution in [2.75, 3.05) is 7.05 Å². The first-order chi connectivity index (χ1) is 15.8. The van der Waals surface area contributed by atoms with Gasteiger partial charge in [-0.1, -0.05) is 6.92 Å². The van der Waals surface area contributed by atoms with Crippen LogP contribution in [0.15, 0.2) is 16.9 Å². The van der Waals surface area contributed by atoms with Crippen LogP contribution in [0.25, 0.3) is 22.3 Å². The van der Waals surface area contributed by atoms with Crippen LogP contribution in [0.1, 0.15) is 59.2 Å². The number of ether oxygens (including phenoxy) is 1. The van der Waals surface area contributed by atoms with E-state index in [9.17, 15) is 14.7 Å². The maximum Gasteiger partial charge on any atom is 0.343 e. The Kier molecular flexibility index (Phi) is 4.42. The lowest BCUT2D eigenvalue weighted by atomic mass is 9.82. The molecule has 7 nitrogen and oxygen atoms in total. The van der Waals surface area contributed by atoms with Crippen molar-refractivity contribution in [1.29, 1.82) is 0 Å². The highest BCUT2D eigenvalue weighted by Crippen LogP contribution is 2.45. The standard InChI is InChI=1S/C25H26N3O4P/c1-4-25(31)15-7-18-22-13(9-28(18)23(29)14(15)10-32-24(25)30)21-16(26-3)6-5-12-11(2)19(33)8-17(27-22)20(12)21/h7-8,16,26,31H,4-6,9-10,33H2,1-3H3/t16-,25-/m0/s1. The predicted molar refractivity (Wildman–Crippen MR) is 129 cm³/mol. The first kappa shape index (κ1) is 21.0. The van der Waals surface area contributed by atoms with Crippen molar-refractivity contribution in [1.82, 2.24) is 14.9 Å². The van der Waals surface area contributed by atoms with E-state index < -0.39 is 11.6 Å². The lowest BCUT2D eigenvalue weighted by Crippen LogP contribution is -2.44. The summed E-state index contributed by atoms with van der Waals surface area (Å²) in [6, 6.07) is 4.05. The number of cyclic esters (lactones) is 1. The Bertz CT molecular complexity index is 1460. The third kappa shape index (κ3) is 2.59. The fourth-order valence-electron chi connectivity index (χ4n) is 5.90. The minimum atomic E-state index is -1.82. The first-order valence-electron chi connectivity index (χ1n) is 11.4. The van der Waals surface area contributed by atoms with Gasteiger partial charge in [-0.2, -0.15) is 0 Å². The average molecular weight is 463 g/mol. The molecule has 0 spiro atoms. The maximum absolute atomic E-state index is 13.5. The molecular formula is C25H26N3O4P. The molecule has 1 unspecified atom stereocenters. The molecular weight excluding hydrogens is 437 g/mol. The molecule has 4 heterocycles. The molecule has 33 heavy (non-hydrogen) atoms. The zero-order chi connectivity index (χ0) is 23.2. The van der Waals surface area contributed by atoms with E-state index in [0.29, 0.717) is 23.4 Å². The molecule has 0 radical (unpaired) electrons. The van der Waals surface area contributed by atoms with Crippen molar-refractivity contribution < 1.29 is 14.6 Å². The van der Waals surface area contributed by atoms with Gasteiger partial charge in [0.05, 0.1) is 29.0 Å². The summed E-state index contributed by atoms with van der Waals surface area (Å²) in [5, 5.41) is 16.9. The number of nitrogens with one attached hydrogen (secondary N) is 1. The van der Waals surface area contributed by atoms with Gasteiger partial charge in [-0.05, 0) is 67.4 Å². The molecule has 2 N–H and O–H groups in total. The van der Waals surface area contributed by atoms with E-state index >= 15 is 0 Å². The second-order valence-electron chi connectivity index (χ2n) is 9.30. The Hall–Kier alpha value is -2.60. The third-order valence-corrected chi connectivity index (χ3v) is 8.43. The van der Waals surface area contributed by atoms with E-state index in [1.54, 1.807) is 17.6 Å². The SMILES string of the molecule is CC[C@@]1(O)C(=O)OCc2c1cc1n(c2=O)Cc2c-1nc1cc(P)c(C)c3c1c2[C@@H](NC)CC3. The molecule has 2 aliphatic heterocycles. The molecule has 3 atom stereocenters. The largest absolute Gasteiger partial charge is 0.458 e. The zero-order valence-corrected chi connectivity index (χ0v) is 20.1. The van der Waals surface area contributed by atoms with Crippen LogP contribution in [0.2, 0.25) is 0 Å². The number of benzene rings is 1. The summed E-state index contributed by atoms with van der Waals surface area (Å²) in [6.45, 7) is 4.18. The van der Waals surface area contributed by atoms with Crippen molar-refractivity contribution in [3.05, 3.63) is 55.9 Å². The van der Waals surface area contributed by atoms with Crippen molar-refractivity contribution in [3.63, 3.8) is 0 Å². The Balaban J connectivity index is 1.70.